The average molecular weight is 507 g/mol. The van der Waals surface area contributed by atoms with Crippen LogP contribution in [0.3, 0.4) is 0 Å². The fourth-order valence-corrected chi connectivity index (χ4v) is 5.12. The van der Waals surface area contributed by atoms with Crippen LogP contribution in [-0.4, -0.2) is 19.2 Å². The zero-order chi connectivity index (χ0) is 23.0. The van der Waals surface area contributed by atoms with E-state index in [-0.39, 0.29) is 21.2 Å². The van der Waals surface area contributed by atoms with E-state index in [1.165, 1.54) is 42.5 Å². The molecule has 0 aliphatic carbocycles. The molecule has 32 heavy (non-hydrogen) atoms. The van der Waals surface area contributed by atoms with E-state index >= 15 is 0 Å². The van der Waals surface area contributed by atoms with Gasteiger partial charge in [0.15, 0.2) is 5.01 Å². The lowest BCUT2D eigenvalue weighted by Gasteiger charge is -2.04. The Labute approximate surface area is 197 Å². The molecule has 0 saturated carbocycles. The van der Waals surface area contributed by atoms with E-state index in [0.29, 0.717) is 31.7 Å². The van der Waals surface area contributed by atoms with Gasteiger partial charge in [-0.25, -0.2) is 22.9 Å². The van der Waals surface area contributed by atoms with Crippen LogP contribution in [0.15, 0.2) is 71.6 Å². The van der Waals surface area contributed by atoms with Crippen LogP contribution in [-0.2, 0) is 10.0 Å². The highest BCUT2D eigenvalue weighted by Gasteiger charge is 2.21. The van der Waals surface area contributed by atoms with Gasteiger partial charge in [0.05, 0.1) is 15.5 Å². The zero-order valence-corrected chi connectivity index (χ0v) is 19.2. The smallest absolute Gasteiger partial charge is 0.238 e. The summed E-state index contributed by atoms with van der Waals surface area (Å²) in [6, 6.07) is 16.1. The number of hydrogen-bond acceptors (Lipinski definition) is 5. The molecule has 4 aromatic rings. The molecule has 162 valence electrons. The van der Waals surface area contributed by atoms with Gasteiger partial charge >= 0.3 is 0 Å². The maximum absolute atomic E-state index is 13.4. The number of ketones is 1. The number of benzene rings is 3. The zero-order valence-electron chi connectivity index (χ0n) is 16.1. The molecular weight excluding hydrogens is 494 g/mol. The fraction of sp³-hybridized carbons (Fsp3) is 0. The standard InChI is InChI=1S/C22H13Cl2FN2O3S2/c23-15-9-14(10-16(24)11-15)20(28)22-27-19(12-1-5-17(25)6-2-12)21(31-22)13-3-7-18(8-4-13)32(26,29)30/h1-11H,(H2,26,29,30). The molecular formula is C22H13Cl2FN2O3S2. The number of carbonyl (C=O) groups excluding carboxylic acids is 1. The third kappa shape index (κ3) is 4.74. The second kappa shape index (κ2) is 8.73. The van der Waals surface area contributed by atoms with Gasteiger partial charge < -0.3 is 0 Å². The Kier molecular flexibility index (Phi) is 6.15. The molecule has 0 fully saturated rings. The second-order valence-corrected chi connectivity index (χ2v) is 10.2. The molecule has 0 aliphatic rings. The molecule has 0 unspecified atom stereocenters. The van der Waals surface area contributed by atoms with Crippen molar-refractivity contribution in [3.8, 4) is 21.7 Å². The summed E-state index contributed by atoms with van der Waals surface area (Å²) in [4.78, 5) is 18.2. The molecule has 0 aliphatic heterocycles. The molecule has 1 heterocycles. The van der Waals surface area contributed by atoms with Crippen LogP contribution in [0.25, 0.3) is 21.7 Å². The summed E-state index contributed by atoms with van der Waals surface area (Å²) < 4.78 is 36.6. The van der Waals surface area contributed by atoms with E-state index in [1.54, 1.807) is 24.3 Å². The third-order valence-corrected chi connectivity index (χ3v) is 6.98. The van der Waals surface area contributed by atoms with Crippen molar-refractivity contribution in [2.24, 2.45) is 5.14 Å². The van der Waals surface area contributed by atoms with E-state index in [9.17, 15) is 17.6 Å². The maximum Gasteiger partial charge on any atom is 0.238 e. The van der Waals surface area contributed by atoms with Crippen molar-refractivity contribution in [3.05, 3.63) is 93.2 Å². The summed E-state index contributed by atoms with van der Waals surface area (Å²) in [7, 11) is -3.85. The van der Waals surface area contributed by atoms with E-state index < -0.39 is 15.8 Å². The van der Waals surface area contributed by atoms with E-state index in [2.05, 4.69) is 4.98 Å². The van der Waals surface area contributed by atoms with Gasteiger partial charge in [-0.3, -0.25) is 4.79 Å². The van der Waals surface area contributed by atoms with Crippen molar-refractivity contribution < 1.29 is 17.6 Å². The minimum absolute atomic E-state index is 0.0426. The molecule has 3 aromatic carbocycles. The highest BCUT2D eigenvalue weighted by molar-refractivity contribution is 7.89. The Morgan fingerprint density at radius 1 is 0.906 bits per heavy atom. The normalized spacial score (nSPS) is 11.5. The monoisotopic (exact) mass is 506 g/mol. The van der Waals surface area contributed by atoms with Crippen molar-refractivity contribution in [1.29, 1.82) is 0 Å². The fourth-order valence-electron chi connectivity index (χ4n) is 3.02. The summed E-state index contributed by atoms with van der Waals surface area (Å²) in [5.41, 5.74) is 1.95. The topological polar surface area (TPSA) is 90.1 Å². The first-order chi connectivity index (χ1) is 15.1. The lowest BCUT2D eigenvalue weighted by atomic mass is 10.1. The first kappa shape index (κ1) is 22.6. The number of aromatic nitrogens is 1. The van der Waals surface area contributed by atoms with Crippen LogP contribution in [0.5, 0.6) is 0 Å². The van der Waals surface area contributed by atoms with Crippen LogP contribution < -0.4 is 5.14 Å². The summed E-state index contributed by atoms with van der Waals surface area (Å²) in [5.74, 6) is -0.789. The Balaban J connectivity index is 1.85. The molecule has 0 bridgehead atoms. The number of thiazole rings is 1. The highest BCUT2D eigenvalue weighted by atomic mass is 35.5. The minimum atomic E-state index is -3.85. The summed E-state index contributed by atoms with van der Waals surface area (Å²) in [6.45, 7) is 0. The SMILES string of the molecule is NS(=O)(=O)c1ccc(-c2sc(C(=O)c3cc(Cl)cc(Cl)c3)nc2-c2ccc(F)cc2)cc1. The van der Waals surface area contributed by atoms with Crippen LogP contribution in [0.2, 0.25) is 10.0 Å². The molecule has 0 atom stereocenters. The Bertz CT molecular complexity index is 1420. The van der Waals surface area contributed by atoms with Crippen LogP contribution >= 0.6 is 34.5 Å². The average Bonchev–Trinajstić information content (AvgIpc) is 3.18. The predicted octanol–water partition coefficient (Wildman–Crippen LogP) is 5.80. The number of carbonyl (C=O) groups is 1. The minimum Gasteiger partial charge on any atom is -0.286 e. The molecule has 0 saturated heterocycles. The predicted molar refractivity (Wildman–Crippen MR) is 124 cm³/mol. The molecule has 10 heteroatoms. The summed E-state index contributed by atoms with van der Waals surface area (Å²) >= 11 is 13.2. The van der Waals surface area contributed by atoms with Crippen molar-refractivity contribution >= 4 is 50.3 Å². The summed E-state index contributed by atoms with van der Waals surface area (Å²) in [5, 5.41) is 5.98. The van der Waals surface area contributed by atoms with Gasteiger partial charge in [-0.1, -0.05) is 35.3 Å². The van der Waals surface area contributed by atoms with Gasteiger partial charge in [0.25, 0.3) is 0 Å². The van der Waals surface area contributed by atoms with Crippen LogP contribution in [0.1, 0.15) is 15.4 Å². The molecule has 2 N–H and O–H groups in total. The van der Waals surface area contributed by atoms with Crippen molar-refractivity contribution in [1.82, 2.24) is 4.98 Å². The first-order valence-electron chi connectivity index (χ1n) is 9.02. The van der Waals surface area contributed by atoms with Gasteiger partial charge in [-0.2, -0.15) is 0 Å². The third-order valence-electron chi connectivity index (χ3n) is 4.51. The van der Waals surface area contributed by atoms with Crippen molar-refractivity contribution in [3.63, 3.8) is 0 Å². The van der Waals surface area contributed by atoms with E-state index in [4.69, 9.17) is 28.3 Å². The number of hydrogen-bond donors (Lipinski definition) is 1. The molecule has 0 amide bonds. The molecule has 1 aromatic heterocycles. The van der Waals surface area contributed by atoms with E-state index in [1.807, 2.05) is 0 Å². The molecule has 5 nitrogen and oxygen atoms in total. The van der Waals surface area contributed by atoms with Crippen LogP contribution in [0.4, 0.5) is 4.39 Å². The highest BCUT2D eigenvalue weighted by Crippen LogP contribution is 2.38. The Morgan fingerprint density at radius 3 is 2.03 bits per heavy atom. The largest absolute Gasteiger partial charge is 0.286 e. The number of sulfonamides is 1. The summed E-state index contributed by atoms with van der Waals surface area (Å²) in [6.07, 6.45) is 0. The van der Waals surface area contributed by atoms with Gasteiger partial charge in [0.2, 0.25) is 15.8 Å². The van der Waals surface area contributed by atoms with Gasteiger partial charge in [0, 0.05) is 21.2 Å². The Hall–Kier alpha value is -2.62. The Morgan fingerprint density at radius 2 is 1.47 bits per heavy atom. The van der Waals surface area contributed by atoms with Crippen molar-refractivity contribution in [2.75, 3.05) is 0 Å². The number of rotatable bonds is 5. The van der Waals surface area contributed by atoms with Crippen LogP contribution in [0, 0.1) is 5.82 Å². The van der Waals surface area contributed by atoms with Gasteiger partial charge in [-0.15, -0.1) is 11.3 Å². The van der Waals surface area contributed by atoms with Gasteiger partial charge in [-0.05, 0) is 60.2 Å². The van der Waals surface area contributed by atoms with Gasteiger partial charge in [0.1, 0.15) is 5.82 Å². The van der Waals surface area contributed by atoms with E-state index in [0.717, 1.165) is 11.3 Å². The first-order valence-corrected chi connectivity index (χ1v) is 12.1. The molecule has 4 rings (SSSR count). The number of nitrogens with zero attached hydrogens (tertiary/aromatic N) is 1. The lowest BCUT2D eigenvalue weighted by Crippen LogP contribution is -2.11. The molecule has 0 radical (unpaired) electrons. The maximum atomic E-state index is 13.4. The number of nitrogens with two attached hydrogens (primary N) is 1. The number of halogens is 3. The lowest BCUT2D eigenvalue weighted by molar-refractivity contribution is 0.103. The number of primary sulfonamides is 1. The molecule has 0 spiro atoms. The van der Waals surface area contributed by atoms with Crippen molar-refractivity contribution in [2.45, 2.75) is 4.90 Å². The second-order valence-electron chi connectivity index (χ2n) is 6.76. The quantitative estimate of drug-likeness (QED) is 0.346.